The number of aliphatic hydroxyl groups is 1. The van der Waals surface area contributed by atoms with E-state index >= 15 is 0 Å². The van der Waals surface area contributed by atoms with Crippen LogP contribution in [0.1, 0.15) is 52.9 Å². The predicted molar refractivity (Wildman–Crippen MR) is 75.7 cm³/mol. The summed E-state index contributed by atoms with van der Waals surface area (Å²) < 4.78 is 10.7. The van der Waals surface area contributed by atoms with Crippen LogP contribution >= 0.6 is 0 Å². The van der Waals surface area contributed by atoms with Gasteiger partial charge in [0.05, 0.1) is 12.6 Å². The van der Waals surface area contributed by atoms with Gasteiger partial charge in [-0.05, 0) is 46.5 Å². The Morgan fingerprint density at radius 3 is 2.38 bits per heavy atom. The summed E-state index contributed by atoms with van der Waals surface area (Å²) in [4.78, 5) is 25.7. The Balaban J connectivity index is 1.98. The minimum absolute atomic E-state index is 0.0456. The van der Waals surface area contributed by atoms with Gasteiger partial charge < -0.3 is 14.6 Å². The van der Waals surface area contributed by atoms with E-state index in [0.29, 0.717) is 0 Å². The van der Waals surface area contributed by atoms with Gasteiger partial charge in [0.2, 0.25) is 0 Å². The maximum Gasteiger partial charge on any atom is 0.411 e. The largest absolute Gasteiger partial charge is 0.461 e. The van der Waals surface area contributed by atoms with Crippen LogP contribution in [0, 0.1) is 0 Å². The second-order valence-electron chi connectivity index (χ2n) is 6.88. The van der Waals surface area contributed by atoms with Crippen molar-refractivity contribution in [3.8, 4) is 0 Å². The maximum absolute atomic E-state index is 12.2. The molecular weight excluding hydrogens is 274 g/mol. The van der Waals surface area contributed by atoms with E-state index in [9.17, 15) is 14.7 Å². The quantitative estimate of drug-likeness (QED) is 0.787. The van der Waals surface area contributed by atoms with Gasteiger partial charge in [0.15, 0.2) is 0 Å². The fourth-order valence-corrected chi connectivity index (χ4v) is 2.81. The van der Waals surface area contributed by atoms with Crippen LogP contribution in [0.3, 0.4) is 0 Å². The molecule has 1 amide bonds. The van der Waals surface area contributed by atoms with Gasteiger partial charge in [-0.1, -0.05) is 0 Å². The molecule has 0 aromatic heterocycles. The molecular formula is C15H25NO5. The molecule has 1 saturated heterocycles. The third kappa shape index (κ3) is 4.33. The molecule has 2 rings (SSSR count). The molecule has 6 heteroatoms. The maximum atomic E-state index is 12.2. The molecule has 2 atom stereocenters. The van der Waals surface area contributed by atoms with E-state index in [2.05, 4.69) is 0 Å². The SMILES string of the molecule is CC(C)(C)OC(=O)N1C[C@H](O)CC1C(=O)OC1CCCC1. The summed E-state index contributed by atoms with van der Waals surface area (Å²) in [5.74, 6) is -0.427. The number of hydrogen-bond acceptors (Lipinski definition) is 5. The van der Waals surface area contributed by atoms with Crippen LogP contribution in [-0.4, -0.2) is 52.5 Å². The number of hydrogen-bond donors (Lipinski definition) is 1. The summed E-state index contributed by atoms with van der Waals surface area (Å²) in [6.07, 6.45) is 2.79. The standard InChI is InChI=1S/C15H25NO5/c1-15(2,3)21-14(19)16-9-10(17)8-12(16)13(18)20-11-6-4-5-7-11/h10-12,17H,4-9H2,1-3H3/t10-,12?/m1/s1. The van der Waals surface area contributed by atoms with Crippen LogP contribution in [0.2, 0.25) is 0 Å². The normalized spacial score (nSPS) is 27.0. The molecule has 0 spiro atoms. The van der Waals surface area contributed by atoms with Crippen molar-refractivity contribution in [2.45, 2.75) is 76.7 Å². The van der Waals surface area contributed by atoms with Gasteiger partial charge in [0.25, 0.3) is 0 Å². The molecule has 1 aliphatic heterocycles. The number of carbonyl (C=O) groups excluding carboxylic acids is 2. The van der Waals surface area contributed by atoms with Crippen LogP contribution in [0.15, 0.2) is 0 Å². The highest BCUT2D eigenvalue weighted by Gasteiger charge is 2.42. The fourth-order valence-electron chi connectivity index (χ4n) is 2.81. The lowest BCUT2D eigenvalue weighted by atomic mass is 10.2. The molecule has 2 aliphatic rings. The molecule has 1 N–H and O–H groups in total. The van der Waals surface area contributed by atoms with Crippen molar-refractivity contribution in [1.29, 1.82) is 0 Å². The van der Waals surface area contributed by atoms with E-state index in [0.717, 1.165) is 25.7 Å². The molecule has 2 fully saturated rings. The van der Waals surface area contributed by atoms with Crippen molar-refractivity contribution in [1.82, 2.24) is 4.90 Å². The van der Waals surface area contributed by atoms with Crippen molar-refractivity contribution in [2.24, 2.45) is 0 Å². The van der Waals surface area contributed by atoms with Crippen molar-refractivity contribution < 1.29 is 24.2 Å². The second kappa shape index (κ2) is 6.22. The second-order valence-corrected chi connectivity index (χ2v) is 6.88. The zero-order valence-electron chi connectivity index (χ0n) is 13.0. The molecule has 120 valence electrons. The van der Waals surface area contributed by atoms with Gasteiger partial charge in [-0.25, -0.2) is 9.59 Å². The van der Waals surface area contributed by atoms with Crippen LogP contribution < -0.4 is 0 Å². The monoisotopic (exact) mass is 299 g/mol. The van der Waals surface area contributed by atoms with Crippen molar-refractivity contribution in [3.05, 3.63) is 0 Å². The predicted octanol–water partition coefficient (Wildman–Crippen LogP) is 1.84. The lowest BCUT2D eigenvalue weighted by Crippen LogP contribution is -2.44. The zero-order valence-corrected chi connectivity index (χ0v) is 13.0. The number of carbonyl (C=O) groups is 2. The molecule has 0 aromatic carbocycles. The minimum atomic E-state index is -0.740. The Bertz CT molecular complexity index is 397. The van der Waals surface area contributed by atoms with Gasteiger partial charge >= 0.3 is 12.1 Å². The highest BCUT2D eigenvalue weighted by atomic mass is 16.6. The third-order valence-corrected chi connectivity index (χ3v) is 3.76. The summed E-state index contributed by atoms with van der Waals surface area (Å²) in [5.41, 5.74) is -0.634. The Hall–Kier alpha value is -1.30. The molecule has 1 saturated carbocycles. The average molecular weight is 299 g/mol. The first-order chi connectivity index (χ1) is 9.76. The summed E-state index contributed by atoms with van der Waals surface area (Å²) in [6.45, 7) is 5.41. The number of ether oxygens (including phenoxy) is 2. The molecule has 0 bridgehead atoms. The van der Waals surface area contributed by atoms with Crippen LogP contribution in [0.4, 0.5) is 4.79 Å². The lowest BCUT2D eigenvalue weighted by molar-refractivity contribution is -0.154. The highest BCUT2D eigenvalue weighted by molar-refractivity contribution is 5.82. The van der Waals surface area contributed by atoms with Gasteiger partial charge in [0, 0.05) is 6.42 Å². The summed E-state index contributed by atoms with van der Waals surface area (Å²) >= 11 is 0. The zero-order chi connectivity index (χ0) is 15.6. The first-order valence-electron chi connectivity index (χ1n) is 7.64. The topological polar surface area (TPSA) is 76.1 Å². The van der Waals surface area contributed by atoms with Gasteiger partial charge in [-0.15, -0.1) is 0 Å². The van der Waals surface area contributed by atoms with Crippen LogP contribution in [0.25, 0.3) is 0 Å². The minimum Gasteiger partial charge on any atom is -0.461 e. The Kier molecular flexibility index (Phi) is 4.76. The van der Waals surface area contributed by atoms with E-state index in [1.54, 1.807) is 20.8 Å². The third-order valence-electron chi connectivity index (χ3n) is 3.76. The first kappa shape index (κ1) is 16.1. The fraction of sp³-hybridized carbons (Fsp3) is 0.867. The van der Waals surface area contributed by atoms with E-state index in [-0.39, 0.29) is 19.1 Å². The van der Waals surface area contributed by atoms with Gasteiger partial charge in [0.1, 0.15) is 17.7 Å². The van der Waals surface area contributed by atoms with Crippen LogP contribution in [-0.2, 0) is 14.3 Å². The smallest absolute Gasteiger partial charge is 0.411 e. The first-order valence-corrected chi connectivity index (χ1v) is 7.64. The van der Waals surface area contributed by atoms with Crippen molar-refractivity contribution in [2.75, 3.05) is 6.54 Å². The highest BCUT2D eigenvalue weighted by Crippen LogP contribution is 2.26. The molecule has 1 unspecified atom stereocenters. The lowest BCUT2D eigenvalue weighted by Gasteiger charge is -2.28. The number of nitrogens with zero attached hydrogens (tertiary/aromatic N) is 1. The molecule has 6 nitrogen and oxygen atoms in total. The van der Waals surface area contributed by atoms with Crippen molar-refractivity contribution in [3.63, 3.8) is 0 Å². The van der Waals surface area contributed by atoms with Gasteiger partial charge in [-0.3, -0.25) is 4.90 Å². The number of β-amino-alcohol motifs (C(OH)–C–C–N with tert-alkyl or cyclic N) is 1. The number of aliphatic hydroxyl groups excluding tert-OH is 1. The Labute approximate surface area is 125 Å². The molecule has 21 heavy (non-hydrogen) atoms. The summed E-state index contributed by atoms with van der Waals surface area (Å²) in [6, 6.07) is -0.740. The van der Waals surface area contributed by atoms with Crippen LogP contribution in [0.5, 0.6) is 0 Å². The van der Waals surface area contributed by atoms with Gasteiger partial charge in [-0.2, -0.15) is 0 Å². The van der Waals surface area contributed by atoms with Crippen molar-refractivity contribution >= 4 is 12.1 Å². The molecule has 1 aliphatic carbocycles. The van der Waals surface area contributed by atoms with E-state index in [1.165, 1.54) is 4.90 Å². The van der Waals surface area contributed by atoms with E-state index < -0.39 is 29.8 Å². The average Bonchev–Trinajstić information content (AvgIpc) is 2.95. The Morgan fingerprint density at radius 1 is 1.19 bits per heavy atom. The molecule has 0 radical (unpaired) electrons. The number of amides is 1. The molecule has 0 aromatic rings. The number of likely N-dealkylation sites (tertiary alicyclic amines) is 1. The van der Waals surface area contributed by atoms with E-state index in [4.69, 9.17) is 9.47 Å². The summed E-state index contributed by atoms with van der Waals surface area (Å²) in [7, 11) is 0. The van der Waals surface area contributed by atoms with E-state index in [1.807, 2.05) is 0 Å². The molecule has 1 heterocycles. The Morgan fingerprint density at radius 2 is 1.81 bits per heavy atom. The number of rotatable bonds is 2. The number of esters is 1. The summed E-state index contributed by atoms with van der Waals surface area (Å²) in [5, 5.41) is 9.77.